The van der Waals surface area contributed by atoms with Crippen LogP contribution >= 0.6 is 15.9 Å². The summed E-state index contributed by atoms with van der Waals surface area (Å²) >= 11 is 3.21. The van der Waals surface area contributed by atoms with Crippen molar-refractivity contribution in [3.05, 3.63) is 28.0 Å². The van der Waals surface area contributed by atoms with E-state index in [0.717, 1.165) is 12.5 Å². The quantitative estimate of drug-likeness (QED) is 0.580. The molecule has 1 heterocycles. The number of anilines is 1. The molecule has 0 fully saturated rings. The molecule has 6 heteroatoms. The molecule has 1 aromatic carbocycles. The third kappa shape index (κ3) is 3.49. The van der Waals surface area contributed by atoms with E-state index in [1.165, 1.54) is 11.0 Å². The largest absolute Gasteiger partial charge is 0.380 e. The summed E-state index contributed by atoms with van der Waals surface area (Å²) in [6.45, 7) is 5.45. The van der Waals surface area contributed by atoms with Gasteiger partial charge >= 0.3 is 0 Å². The van der Waals surface area contributed by atoms with E-state index in [-0.39, 0.29) is 12.1 Å². The number of ether oxygens (including phenoxy) is 1. The van der Waals surface area contributed by atoms with Crippen LogP contribution in [0, 0.1) is 11.7 Å². The van der Waals surface area contributed by atoms with Gasteiger partial charge in [0.2, 0.25) is 0 Å². The van der Waals surface area contributed by atoms with Crippen molar-refractivity contribution >= 4 is 33.3 Å². The molecule has 0 bridgehead atoms. The molecule has 0 N–H and O–H groups in total. The molecule has 114 valence electrons. The first-order valence-electron chi connectivity index (χ1n) is 6.84. The van der Waals surface area contributed by atoms with Gasteiger partial charge in [-0.3, -0.25) is 9.59 Å². The SMILES string of the molecule is CC(C)CCOCCN1C(=O)C(=O)c2cc(F)cc(Br)c21. The molecule has 21 heavy (non-hydrogen) atoms. The smallest absolute Gasteiger partial charge is 0.299 e. The van der Waals surface area contributed by atoms with Gasteiger partial charge in [0.15, 0.2) is 0 Å². The van der Waals surface area contributed by atoms with Gasteiger partial charge < -0.3 is 9.64 Å². The van der Waals surface area contributed by atoms with Crippen LogP contribution in [0.4, 0.5) is 10.1 Å². The third-order valence-corrected chi connectivity index (χ3v) is 3.89. The molecular weight excluding hydrogens is 341 g/mol. The van der Waals surface area contributed by atoms with E-state index < -0.39 is 17.5 Å². The summed E-state index contributed by atoms with van der Waals surface area (Å²) in [7, 11) is 0. The van der Waals surface area contributed by atoms with Crippen molar-refractivity contribution in [2.75, 3.05) is 24.7 Å². The maximum atomic E-state index is 13.3. The Labute approximate surface area is 131 Å². The first-order valence-corrected chi connectivity index (χ1v) is 7.64. The molecule has 1 aliphatic heterocycles. The van der Waals surface area contributed by atoms with Gasteiger partial charge in [-0.15, -0.1) is 0 Å². The molecule has 4 nitrogen and oxygen atoms in total. The van der Waals surface area contributed by atoms with Crippen LogP contribution in [-0.2, 0) is 9.53 Å². The summed E-state index contributed by atoms with van der Waals surface area (Å²) in [5, 5.41) is 0. The number of amides is 1. The Hall–Kier alpha value is -1.27. The zero-order valence-corrected chi connectivity index (χ0v) is 13.6. The Kier molecular flexibility index (Phi) is 5.11. The Morgan fingerprint density at radius 1 is 1.29 bits per heavy atom. The number of halogens is 2. The fraction of sp³-hybridized carbons (Fsp3) is 0.467. The average Bonchev–Trinajstić information content (AvgIpc) is 2.63. The van der Waals surface area contributed by atoms with Gasteiger partial charge in [0.1, 0.15) is 5.82 Å². The van der Waals surface area contributed by atoms with Gasteiger partial charge in [0, 0.05) is 17.6 Å². The van der Waals surface area contributed by atoms with Crippen molar-refractivity contribution in [2.45, 2.75) is 20.3 Å². The number of nitrogens with zero attached hydrogens (tertiary/aromatic N) is 1. The standard InChI is InChI=1S/C15H17BrFNO3/c1-9(2)3-5-21-6-4-18-13-11(14(19)15(18)20)7-10(17)8-12(13)16/h7-9H,3-6H2,1-2H3. The summed E-state index contributed by atoms with van der Waals surface area (Å²) in [6.07, 6.45) is 0.943. The molecule has 0 radical (unpaired) electrons. The molecule has 1 aromatic rings. The van der Waals surface area contributed by atoms with Crippen LogP contribution in [0.1, 0.15) is 30.6 Å². The molecule has 0 saturated heterocycles. The van der Waals surface area contributed by atoms with Crippen LogP contribution in [0.3, 0.4) is 0 Å². The molecule has 0 unspecified atom stereocenters. The maximum Gasteiger partial charge on any atom is 0.299 e. The van der Waals surface area contributed by atoms with Crippen LogP contribution in [0.5, 0.6) is 0 Å². The summed E-state index contributed by atoms with van der Waals surface area (Å²) in [5.41, 5.74) is 0.535. The number of hydrogen-bond donors (Lipinski definition) is 0. The van der Waals surface area contributed by atoms with Crippen molar-refractivity contribution in [2.24, 2.45) is 5.92 Å². The highest BCUT2D eigenvalue weighted by atomic mass is 79.9. The second kappa shape index (κ2) is 6.66. The lowest BCUT2D eigenvalue weighted by Crippen LogP contribution is -2.33. The summed E-state index contributed by atoms with van der Waals surface area (Å²) in [6, 6.07) is 2.34. The lowest BCUT2D eigenvalue weighted by molar-refractivity contribution is -0.114. The third-order valence-electron chi connectivity index (χ3n) is 3.28. The van der Waals surface area contributed by atoms with E-state index in [0.29, 0.717) is 29.3 Å². The highest BCUT2D eigenvalue weighted by Crippen LogP contribution is 2.36. The van der Waals surface area contributed by atoms with Crippen LogP contribution in [0.2, 0.25) is 0 Å². The molecular formula is C15H17BrFNO3. The number of benzene rings is 1. The zero-order chi connectivity index (χ0) is 15.6. The van der Waals surface area contributed by atoms with Crippen molar-refractivity contribution in [1.29, 1.82) is 0 Å². The first-order chi connectivity index (χ1) is 9.91. The molecule has 1 aliphatic rings. The number of rotatable bonds is 6. The van der Waals surface area contributed by atoms with Crippen LogP contribution in [0.15, 0.2) is 16.6 Å². The highest BCUT2D eigenvalue weighted by Gasteiger charge is 2.37. The summed E-state index contributed by atoms with van der Waals surface area (Å²) in [5.74, 6) is -1.30. The van der Waals surface area contributed by atoms with Gasteiger partial charge in [-0.25, -0.2) is 4.39 Å². The second-order valence-electron chi connectivity index (χ2n) is 5.36. The second-order valence-corrected chi connectivity index (χ2v) is 6.22. The predicted octanol–water partition coefficient (Wildman–Crippen LogP) is 3.18. The molecule has 0 saturated carbocycles. The molecule has 2 rings (SSSR count). The van der Waals surface area contributed by atoms with Crippen molar-refractivity contribution < 1.29 is 18.7 Å². The van der Waals surface area contributed by atoms with Gasteiger partial charge in [0.05, 0.1) is 17.9 Å². The predicted molar refractivity (Wildman–Crippen MR) is 81.1 cm³/mol. The number of Topliss-reactive ketones (excluding diaryl/α,β-unsaturated/α-hetero) is 1. The van der Waals surface area contributed by atoms with Gasteiger partial charge in [-0.05, 0) is 40.4 Å². The number of ketones is 1. The maximum absolute atomic E-state index is 13.3. The molecule has 0 aromatic heterocycles. The normalized spacial score (nSPS) is 14.2. The monoisotopic (exact) mass is 357 g/mol. The van der Waals surface area contributed by atoms with Crippen molar-refractivity contribution in [3.63, 3.8) is 0 Å². The van der Waals surface area contributed by atoms with E-state index in [4.69, 9.17) is 4.74 Å². The fourth-order valence-electron chi connectivity index (χ4n) is 2.14. The van der Waals surface area contributed by atoms with E-state index in [1.807, 2.05) is 0 Å². The van der Waals surface area contributed by atoms with Gasteiger partial charge in [0.25, 0.3) is 11.7 Å². The van der Waals surface area contributed by atoms with Crippen LogP contribution < -0.4 is 4.90 Å². The van der Waals surface area contributed by atoms with Gasteiger partial charge in [-0.2, -0.15) is 0 Å². The Morgan fingerprint density at radius 3 is 2.67 bits per heavy atom. The summed E-state index contributed by atoms with van der Waals surface area (Å²) in [4.78, 5) is 25.2. The van der Waals surface area contributed by atoms with Crippen molar-refractivity contribution in [3.8, 4) is 0 Å². The van der Waals surface area contributed by atoms with E-state index in [1.54, 1.807) is 0 Å². The van der Waals surface area contributed by atoms with E-state index in [9.17, 15) is 14.0 Å². The molecule has 0 aliphatic carbocycles. The zero-order valence-electron chi connectivity index (χ0n) is 12.0. The topological polar surface area (TPSA) is 46.6 Å². The van der Waals surface area contributed by atoms with Crippen LogP contribution in [-0.4, -0.2) is 31.4 Å². The van der Waals surface area contributed by atoms with Gasteiger partial charge in [-0.1, -0.05) is 13.8 Å². The fourth-order valence-corrected chi connectivity index (χ4v) is 2.79. The minimum atomic E-state index is -0.674. The number of carbonyl (C=O) groups excluding carboxylic acids is 2. The number of carbonyl (C=O) groups is 2. The highest BCUT2D eigenvalue weighted by molar-refractivity contribution is 9.10. The Bertz CT molecular complexity index is 574. The molecule has 0 atom stereocenters. The molecule has 0 spiro atoms. The number of fused-ring (bicyclic) bond motifs is 1. The van der Waals surface area contributed by atoms with E-state index >= 15 is 0 Å². The molecule has 1 amide bonds. The average molecular weight is 358 g/mol. The Morgan fingerprint density at radius 2 is 2.00 bits per heavy atom. The van der Waals surface area contributed by atoms with E-state index in [2.05, 4.69) is 29.8 Å². The first kappa shape index (κ1) is 16.1. The number of hydrogen-bond acceptors (Lipinski definition) is 3. The van der Waals surface area contributed by atoms with Crippen molar-refractivity contribution in [1.82, 2.24) is 0 Å². The minimum Gasteiger partial charge on any atom is -0.380 e. The lowest BCUT2D eigenvalue weighted by atomic mass is 10.1. The minimum absolute atomic E-state index is 0.106. The lowest BCUT2D eigenvalue weighted by Gasteiger charge is -2.18. The summed E-state index contributed by atoms with van der Waals surface area (Å²) < 4.78 is 19.2. The van der Waals surface area contributed by atoms with Crippen LogP contribution in [0.25, 0.3) is 0 Å². The Balaban J connectivity index is 2.05.